The first-order valence-corrected chi connectivity index (χ1v) is 9.18. The Hall–Kier alpha value is -1.55. The Labute approximate surface area is 147 Å². The van der Waals surface area contributed by atoms with Crippen LogP contribution in [-0.4, -0.2) is 51.3 Å². The molecule has 24 heavy (non-hydrogen) atoms. The third kappa shape index (κ3) is 5.82. The van der Waals surface area contributed by atoms with Gasteiger partial charge in [-0.25, -0.2) is 0 Å². The van der Waals surface area contributed by atoms with E-state index in [1.807, 2.05) is 7.05 Å². The molecule has 1 fully saturated rings. The van der Waals surface area contributed by atoms with Gasteiger partial charge in [-0.2, -0.15) is 0 Å². The Kier molecular flexibility index (Phi) is 7.57. The predicted molar refractivity (Wildman–Crippen MR) is 102 cm³/mol. The lowest BCUT2D eigenvalue weighted by Crippen LogP contribution is -2.41. The molecule has 1 saturated heterocycles. The molecule has 1 aromatic rings. The van der Waals surface area contributed by atoms with Crippen LogP contribution in [-0.2, 0) is 11.2 Å². The molecule has 1 atom stereocenters. The molecule has 2 rings (SSSR count). The highest BCUT2D eigenvalue weighted by Gasteiger charge is 2.18. The molecule has 0 bridgehead atoms. The lowest BCUT2D eigenvalue weighted by Gasteiger charge is -2.24. The minimum atomic E-state index is 0.602. The molecule has 0 aromatic heterocycles. The zero-order valence-electron chi connectivity index (χ0n) is 15.7. The van der Waals surface area contributed by atoms with Crippen LogP contribution in [0, 0.1) is 5.92 Å². The smallest absolute Gasteiger partial charge is 0.193 e. The minimum absolute atomic E-state index is 0.602. The Bertz CT molecular complexity index is 504. The van der Waals surface area contributed by atoms with Gasteiger partial charge in [0.05, 0.1) is 6.61 Å². The van der Waals surface area contributed by atoms with Gasteiger partial charge in [-0.15, -0.1) is 0 Å². The van der Waals surface area contributed by atoms with Crippen LogP contribution in [0.1, 0.15) is 43.7 Å². The quantitative estimate of drug-likeness (QED) is 0.473. The maximum absolute atomic E-state index is 5.45. The van der Waals surface area contributed by atoms with Crippen LogP contribution in [0.5, 0.6) is 0 Å². The van der Waals surface area contributed by atoms with E-state index in [0.29, 0.717) is 11.8 Å². The summed E-state index contributed by atoms with van der Waals surface area (Å²) in [6.07, 6.45) is 3.37. The highest BCUT2D eigenvalue weighted by molar-refractivity contribution is 5.79. The van der Waals surface area contributed by atoms with Crippen LogP contribution in [0.4, 0.5) is 0 Å². The fourth-order valence-corrected chi connectivity index (χ4v) is 3.15. The van der Waals surface area contributed by atoms with E-state index in [1.165, 1.54) is 11.1 Å². The van der Waals surface area contributed by atoms with Crippen molar-refractivity contribution in [1.29, 1.82) is 0 Å². The van der Waals surface area contributed by atoms with Gasteiger partial charge in [0, 0.05) is 39.7 Å². The van der Waals surface area contributed by atoms with Gasteiger partial charge in [0.25, 0.3) is 0 Å². The van der Waals surface area contributed by atoms with Crippen molar-refractivity contribution in [1.82, 2.24) is 10.2 Å². The Morgan fingerprint density at radius 3 is 2.67 bits per heavy atom. The molecule has 0 amide bonds. The van der Waals surface area contributed by atoms with E-state index in [4.69, 9.17) is 4.74 Å². The topological polar surface area (TPSA) is 36.9 Å². The molecular weight excluding hydrogens is 298 g/mol. The van der Waals surface area contributed by atoms with Crippen molar-refractivity contribution >= 4 is 5.96 Å². The summed E-state index contributed by atoms with van der Waals surface area (Å²) in [5.41, 5.74) is 2.82. The largest absolute Gasteiger partial charge is 0.381 e. The molecule has 1 N–H and O–H groups in total. The van der Waals surface area contributed by atoms with E-state index in [-0.39, 0.29) is 0 Å². The number of rotatable bonds is 7. The number of hydrogen-bond donors (Lipinski definition) is 1. The van der Waals surface area contributed by atoms with Crippen molar-refractivity contribution in [3.8, 4) is 0 Å². The molecule has 0 aliphatic carbocycles. The van der Waals surface area contributed by atoms with E-state index in [1.54, 1.807) is 0 Å². The summed E-state index contributed by atoms with van der Waals surface area (Å²) in [6, 6.07) is 9.03. The molecule has 0 saturated carbocycles. The van der Waals surface area contributed by atoms with Gasteiger partial charge in [-0.05, 0) is 36.3 Å². The fraction of sp³-hybridized carbons (Fsp3) is 0.650. The molecule has 1 aromatic carbocycles. The second kappa shape index (κ2) is 9.67. The summed E-state index contributed by atoms with van der Waals surface area (Å²) >= 11 is 0. The molecule has 0 radical (unpaired) electrons. The second-order valence-corrected chi connectivity index (χ2v) is 7.08. The van der Waals surface area contributed by atoms with E-state index in [0.717, 1.165) is 51.5 Å². The molecule has 1 aliphatic heterocycles. The normalized spacial score (nSPS) is 18.2. The number of guanidine groups is 1. The van der Waals surface area contributed by atoms with Crippen molar-refractivity contribution in [2.24, 2.45) is 10.9 Å². The summed E-state index contributed by atoms with van der Waals surface area (Å²) in [6.45, 7) is 8.21. The van der Waals surface area contributed by atoms with E-state index in [2.05, 4.69) is 60.4 Å². The lowest BCUT2D eigenvalue weighted by molar-refractivity contribution is 0.181. The third-order valence-corrected chi connectivity index (χ3v) is 4.70. The second-order valence-electron chi connectivity index (χ2n) is 7.08. The fourth-order valence-electron chi connectivity index (χ4n) is 3.15. The average molecular weight is 332 g/mol. The number of hydrogen-bond acceptors (Lipinski definition) is 2. The third-order valence-electron chi connectivity index (χ3n) is 4.70. The van der Waals surface area contributed by atoms with E-state index in [9.17, 15) is 0 Å². The van der Waals surface area contributed by atoms with Crippen LogP contribution >= 0.6 is 0 Å². The van der Waals surface area contributed by atoms with Gasteiger partial charge in [0.1, 0.15) is 0 Å². The number of aliphatic imine (C=N–C) groups is 1. The number of nitrogens with zero attached hydrogens (tertiary/aromatic N) is 2. The van der Waals surface area contributed by atoms with Crippen LogP contribution in [0.25, 0.3) is 0 Å². The first-order valence-electron chi connectivity index (χ1n) is 9.18. The van der Waals surface area contributed by atoms with Gasteiger partial charge in [0.2, 0.25) is 0 Å². The molecular formula is C20H33N3O. The van der Waals surface area contributed by atoms with Gasteiger partial charge >= 0.3 is 0 Å². The number of benzene rings is 1. The predicted octanol–water partition coefficient (Wildman–Crippen LogP) is 3.29. The standard InChI is InChI=1S/C20H33N3O/c1-16(2)19-9-7-17(8-10-19)6-5-12-22-20(21-3)23(4)14-18-11-13-24-15-18/h7-10,16,18H,5-6,11-15H2,1-4H3,(H,21,22). The zero-order valence-corrected chi connectivity index (χ0v) is 15.7. The van der Waals surface area contributed by atoms with Crippen molar-refractivity contribution in [2.75, 3.05) is 40.4 Å². The first-order chi connectivity index (χ1) is 11.6. The molecule has 0 spiro atoms. The van der Waals surface area contributed by atoms with Gasteiger partial charge in [-0.3, -0.25) is 4.99 Å². The first kappa shape index (κ1) is 18.8. The Morgan fingerprint density at radius 2 is 2.08 bits per heavy atom. The summed E-state index contributed by atoms with van der Waals surface area (Å²) in [5, 5.41) is 3.48. The number of aryl methyl sites for hydroxylation is 1. The Balaban J connectivity index is 1.69. The van der Waals surface area contributed by atoms with E-state index >= 15 is 0 Å². The summed E-state index contributed by atoms with van der Waals surface area (Å²) in [4.78, 5) is 6.62. The average Bonchev–Trinajstić information content (AvgIpc) is 3.08. The highest BCUT2D eigenvalue weighted by Crippen LogP contribution is 2.15. The highest BCUT2D eigenvalue weighted by atomic mass is 16.5. The number of nitrogens with one attached hydrogen (secondary N) is 1. The van der Waals surface area contributed by atoms with Gasteiger partial charge in [0.15, 0.2) is 5.96 Å². The molecule has 1 unspecified atom stereocenters. The van der Waals surface area contributed by atoms with Crippen LogP contribution in [0.15, 0.2) is 29.3 Å². The van der Waals surface area contributed by atoms with Crippen molar-refractivity contribution in [2.45, 2.75) is 39.0 Å². The summed E-state index contributed by atoms with van der Waals surface area (Å²) < 4.78 is 5.45. The maximum Gasteiger partial charge on any atom is 0.193 e. The zero-order chi connectivity index (χ0) is 17.4. The molecule has 1 heterocycles. The van der Waals surface area contributed by atoms with Gasteiger partial charge in [-0.1, -0.05) is 38.1 Å². The van der Waals surface area contributed by atoms with Crippen molar-refractivity contribution < 1.29 is 4.74 Å². The van der Waals surface area contributed by atoms with Crippen LogP contribution < -0.4 is 5.32 Å². The molecule has 134 valence electrons. The lowest BCUT2D eigenvalue weighted by atomic mass is 10.0. The van der Waals surface area contributed by atoms with Gasteiger partial charge < -0.3 is 15.0 Å². The minimum Gasteiger partial charge on any atom is -0.381 e. The molecule has 4 heteroatoms. The van der Waals surface area contributed by atoms with Crippen molar-refractivity contribution in [3.63, 3.8) is 0 Å². The number of ether oxygens (including phenoxy) is 1. The van der Waals surface area contributed by atoms with Crippen LogP contribution in [0.3, 0.4) is 0 Å². The van der Waals surface area contributed by atoms with E-state index < -0.39 is 0 Å². The molecule has 1 aliphatic rings. The Morgan fingerprint density at radius 1 is 1.33 bits per heavy atom. The van der Waals surface area contributed by atoms with Crippen LogP contribution in [0.2, 0.25) is 0 Å². The SMILES string of the molecule is CN=C(NCCCc1ccc(C(C)C)cc1)N(C)CC1CCOC1. The van der Waals surface area contributed by atoms with Crippen molar-refractivity contribution in [3.05, 3.63) is 35.4 Å². The maximum atomic E-state index is 5.45. The summed E-state index contributed by atoms with van der Waals surface area (Å²) in [7, 11) is 3.97. The molecule has 4 nitrogen and oxygen atoms in total. The summed E-state index contributed by atoms with van der Waals surface area (Å²) in [5.74, 6) is 2.22. The monoisotopic (exact) mass is 331 g/mol.